The summed E-state index contributed by atoms with van der Waals surface area (Å²) < 4.78 is 43.0. The van der Waals surface area contributed by atoms with Crippen LogP contribution in [-0.4, -0.2) is 18.6 Å². The first kappa shape index (κ1) is 16.8. The highest BCUT2D eigenvalue weighted by atomic mass is 19.4. The van der Waals surface area contributed by atoms with Gasteiger partial charge in [-0.3, -0.25) is 4.79 Å². The molecule has 1 atom stereocenters. The average Bonchev–Trinajstić information content (AvgIpc) is 3.27. The van der Waals surface area contributed by atoms with E-state index in [9.17, 15) is 18.0 Å². The van der Waals surface area contributed by atoms with E-state index >= 15 is 0 Å². The first-order chi connectivity index (χ1) is 10.4. The average molecular weight is 315 g/mol. The third kappa shape index (κ3) is 5.02. The van der Waals surface area contributed by atoms with E-state index in [1.165, 1.54) is 6.07 Å². The van der Waals surface area contributed by atoms with Gasteiger partial charge >= 0.3 is 12.1 Å². The van der Waals surface area contributed by atoms with Gasteiger partial charge in [0.15, 0.2) is 0 Å². The number of benzene rings is 1. The number of hydrogen-bond donors (Lipinski definition) is 1. The Kier molecular flexibility index (Phi) is 5.45. The highest BCUT2D eigenvalue weighted by molar-refractivity contribution is 5.70. The molecule has 1 unspecified atom stereocenters. The molecule has 0 radical (unpaired) electrons. The number of hydrogen-bond acceptors (Lipinski definition) is 3. The molecule has 0 spiro atoms. The van der Waals surface area contributed by atoms with Crippen LogP contribution in [0.2, 0.25) is 0 Å². The summed E-state index contributed by atoms with van der Waals surface area (Å²) in [5, 5.41) is 3.20. The summed E-state index contributed by atoms with van der Waals surface area (Å²) in [5.41, 5.74) is -0.0931. The molecule has 1 fully saturated rings. The van der Waals surface area contributed by atoms with Crippen LogP contribution in [0.15, 0.2) is 24.3 Å². The van der Waals surface area contributed by atoms with E-state index < -0.39 is 11.7 Å². The van der Waals surface area contributed by atoms with Crippen molar-refractivity contribution in [2.75, 3.05) is 6.61 Å². The fourth-order valence-electron chi connectivity index (χ4n) is 2.41. The van der Waals surface area contributed by atoms with Gasteiger partial charge in [-0.1, -0.05) is 18.2 Å². The van der Waals surface area contributed by atoms with Crippen LogP contribution in [0.3, 0.4) is 0 Å². The predicted octanol–water partition coefficient (Wildman–Crippen LogP) is 3.53. The molecule has 1 aliphatic carbocycles. The molecule has 1 saturated carbocycles. The zero-order valence-corrected chi connectivity index (χ0v) is 12.5. The summed E-state index contributed by atoms with van der Waals surface area (Å²) in [6, 6.07) is 5.21. The minimum atomic E-state index is -4.34. The van der Waals surface area contributed by atoms with Crippen molar-refractivity contribution in [1.82, 2.24) is 5.32 Å². The number of halogens is 3. The Balaban J connectivity index is 1.93. The van der Waals surface area contributed by atoms with Crippen molar-refractivity contribution in [3.05, 3.63) is 35.4 Å². The lowest BCUT2D eigenvalue weighted by atomic mass is 10.1. The number of ether oxygens (including phenoxy) is 1. The van der Waals surface area contributed by atoms with Gasteiger partial charge in [0.2, 0.25) is 0 Å². The van der Waals surface area contributed by atoms with Crippen molar-refractivity contribution in [2.45, 2.75) is 44.9 Å². The second-order valence-corrected chi connectivity index (χ2v) is 5.53. The van der Waals surface area contributed by atoms with Crippen molar-refractivity contribution in [1.29, 1.82) is 0 Å². The van der Waals surface area contributed by atoms with Gasteiger partial charge in [-0.2, -0.15) is 13.2 Å². The molecular formula is C16H20F3NO2. The van der Waals surface area contributed by atoms with Gasteiger partial charge in [-0.25, -0.2) is 0 Å². The largest absolute Gasteiger partial charge is 0.466 e. The first-order valence-corrected chi connectivity index (χ1v) is 7.45. The quantitative estimate of drug-likeness (QED) is 0.782. The molecule has 1 N–H and O–H groups in total. The SMILES string of the molecule is CCOC(=O)CC(NCc1cccc(C(F)(F)F)c1)C1CC1. The lowest BCUT2D eigenvalue weighted by Gasteiger charge is -2.18. The van der Waals surface area contributed by atoms with Crippen LogP contribution in [-0.2, 0) is 22.3 Å². The van der Waals surface area contributed by atoms with Crippen molar-refractivity contribution >= 4 is 5.97 Å². The molecule has 0 heterocycles. The van der Waals surface area contributed by atoms with Gasteiger partial charge in [0.05, 0.1) is 18.6 Å². The normalized spacial score (nSPS) is 16.4. The van der Waals surface area contributed by atoms with Crippen LogP contribution < -0.4 is 5.32 Å². The molecule has 0 aliphatic heterocycles. The van der Waals surface area contributed by atoms with Crippen molar-refractivity contribution in [3.8, 4) is 0 Å². The number of esters is 1. The molecule has 0 aromatic heterocycles. The fourth-order valence-corrected chi connectivity index (χ4v) is 2.41. The Morgan fingerprint density at radius 1 is 1.41 bits per heavy atom. The topological polar surface area (TPSA) is 38.3 Å². The van der Waals surface area contributed by atoms with Crippen molar-refractivity contribution in [3.63, 3.8) is 0 Å². The molecule has 1 aliphatic rings. The van der Waals surface area contributed by atoms with Gasteiger partial charge in [-0.15, -0.1) is 0 Å². The standard InChI is InChI=1S/C16H20F3NO2/c1-2-22-15(21)9-14(12-6-7-12)20-10-11-4-3-5-13(8-11)16(17,18)19/h3-5,8,12,14,20H,2,6-7,9-10H2,1H3. The molecule has 2 rings (SSSR count). The van der Waals surface area contributed by atoms with Crippen LogP contribution in [0, 0.1) is 5.92 Å². The fraction of sp³-hybridized carbons (Fsp3) is 0.562. The minimum absolute atomic E-state index is 0.0337. The summed E-state index contributed by atoms with van der Waals surface area (Å²) in [7, 11) is 0. The summed E-state index contributed by atoms with van der Waals surface area (Å²) >= 11 is 0. The van der Waals surface area contributed by atoms with E-state index in [0.29, 0.717) is 24.6 Å². The maximum absolute atomic E-state index is 12.7. The highest BCUT2D eigenvalue weighted by Gasteiger charge is 2.33. The molecule has 22 heavy (non-hydrogen) atoms. The molecule has 0 saturated heterocycles. The lowest BCUT2D eigenvalue weighted by molar-refractivity contribution is -0.143. The number of nitrogens with one attached hydrogen (secondary N) is 1. The van der Waals surface area contributed by atoms with E-state index in [-0.39, 0.29) is 18.4 Å². The molecule has 0 bridgehead atoms. The number of carbonyl (C=O) groups excluding carboxylic acids is 1. The molecular weight excluding hydrogens is 295 g/mol. The van der Waals surface area contributed by atoms with Crippen LogP contribution in [0.5, 0.6) is 0 Å². The zero-order chi connectivity index (χ0) is 16.2. The Morgan fingerprint density at radius 2 is 2.14 bits per heavy atom. The van der Waals surface area contributed by atoms with Crippen molar-refractivity contribution < 1.29 is 22.7 Å². The summed E-state index contributed by atoms with van der Waals surface area (Å²) in [6.45, 7) is 2.40. The molecule has 1 aromatic rings. The highest BCUT2D eigenvalue weighted by Crippen LogP contribution is 2.34. The Labute approximate surface area is 127 Å². The number of rotatable bonds is 7. The summed E-state index contributed by atoms with van der Waals surface area (Å²) in [5.74, 6) is 0.145. The van der Waals surface area contributed by atoms with E-state index in [4.69, 9.17) is 4.74 Å². The lowest BCUT2D eigenvalue weighted by Crippen LogP contribution is -2.33. The summed E-state index contributed by atoms with van der Waals surface area (Å²) in [6.07, 6.45) is -1.99. The van der Waals surface area contributed by atoms with Crippen LogP contribution in [0.25, 0.3) is 0 Å². The predicted molar refractivity (Wildman–Crippen MR) is 76.0 cm³/mol. The van der Waals surface area contributed by atoms with E-state index in [1.54, 1.807) is 13.0 Å². The van der Waals surface area contributed by atoms with Crippen LogP contribution >= 0.6 is 0 Å². The van der Waals surface area contributed by atoms with Crippen molar-refractivity contribution in [2.24, 2.45) is 5.92 Å². The number of carbonyl (C=O) groups is 1. The van der Waals surface area contributed by atoms with Gasteiger partial charge in [0.1, 0.15) is 0 Å². The van der Waals surface area contributed by atoms with Gasteiger partial charge in [0, 0.05) is 12.6 Å². The Bertz CT molecular complexity index is 512. The van der Waals surface area contributed by atoms with E-state index in [2.05, 4.69) is 5.32 Å². The molecule has 0 amide bonds. The first-order valence-electron chi connectivity index (χ1n) is 7.45. The van der Waals surface area contributed by atoms with Crippen LogP contribution in [0.1, 0.15) is 37.3 Å². The second-order valence-electron chi connectivity index (χ2n) is 5.53. The smallest absolute Gasteiger partial charge is 0.416 e. The Hall–Kier alpha value is -1.56. The van der Waals surface area contributed by atoms with Gasteiger partial charge in [-0.05, 0) is 37.3 Å². The maximum Gasteiger partial charge on any atom is 0.416 e. The molecule has 6 heteroatoms. The third-order valence-corrected chi connectivity index (χ3v) is 3.71. The van der Waals surface area contributed by atoms with Crippen LogP contribution in [0.4, 0.5) is 13.2 Å². The maximum atomic E-state index is 12.7. The minimum Gasteiger partial charge on any atom is -0.466 e. The van der Waals surface area contributed by atoms with E-state index in [1.807, 2.05) is 0 Å². The monoisotopic (exact) mass is 315 g/mol. The molecule has 3 nitrogen and oxygen atoms in total. The third-order valence-electron chi connectivity index (χ3n) is 3.71. The Morgan fingerprint density at radius 3 is 2.73 bits per heavy atom. The van der Waals surface area contributed by atoms with Gasteiger partial charge in [0.25, 0.3) is 0 Å². The molecule has 1 aromatic carbocycles. The van der Waals surface area contributed by atoms with E-state index in [0.717, 1.165) is 25.0 Å². The zero-order valence-electron chi connectivity index (χ0n) is 12.5. The second kappa shape index (κ2) is 7.13. The number of alkyl halides is 3. The summed E-state index contributed by atoms with van der Waals surface area (Å²) in [4.78, 5) is 11.6. The molecule has 122 valence electrons. The van der Waals surface area contributed by atoms with Gasteiger partial charge < -0.3 is 10.1 Å².